The molecule has 0 aliphatic heterocycles. The van der Waals surface area contributed by atoms with Crippen molar-refractivity contribution >= 4 is 23.4 Å². The normalized spacial score (nSPS) is 12.0. The number of carbonyl (C=O) groups is 2. The van der Waals surface area contributed by atoms with Crippen LogP contribution < -0.4 is 5.32 Å². The summed E-state index contributed by atoms with van der Waals surface area (Å²) in [5, 5.41) is 3.65. The fourth-order valence-electron chi connectivity index (χ4n) is 4.25. The second kappa shape index (κ2) is 14.0. The van der Waals surface area contributed by atoms with Crippen LogP contribution in [0, 0.1) is 5.92 Å². The van der Waals surface area contributed by atoms with Crippen LogP contribution in [-0.4, -0.2) is 29.3 Å². The summed E-state index contributed by atoms with van der Waals surface area (Å²) in [7, 11) is 0. The minimum Gasteiger partial charge on any atom is -0.354 e. The highest BCUT2D eigenvalue weighted by atomic mass is 35.5. The van der Waals surface area contributed by atoms with E-state index in [9.17, 15) is 9.59 Å². The van der Waals surface area contributed by atoms with Gasteiger partial charge in [-0.2, -0.15) is 0 Å². The predicted molar refractivity (Wildman–Crippen MR) is 153 cm³/mol. The highest BCUT2D eigenvalue weighted by Gasteiger charge is 2.30. The molecule has 37 heavy (non-hydrogen) atoms. The third-order valence-electron chi connectivity index (χ3n) is 6.53. The molecular weight excluding hydrogens is 480 g/mol. The number of hydrogen-bond acceptors (Lipinski definition) is 2. The Morgan fingerprint density at radius 2 is 1.49 bits per heavy atom. The monoisotopic (exact) mass is 518 g/mol. The molecule has 4 nitrogen and oxygen atoms in total. The Morgan fingerprint density at radius 3 is 2.11 bits per heavy atom. The van der Waals surface area contributed by atoms with Crippen molar-refractivity contribution < 1.29 is 9.59 Å². The van der Waals surface area contributed by atoms with Crippen molar-refractivity contribution in [3.8, 4) is 0 Å². The summed E-state index contributed by atoms with van der Waals surface area (Å²) in [6, 6.07) is 25.2. The van der Waals surface area contributed by atoms with Crippen LogP contribution in [0.2, 0.25) is 5.02 Å². The van der Waals surface area contributed by atoms with E-state index < -0.39 is 6.04 Å². The Morgan fingerprint density at radius 1 is 0.838 bits per heavy atom. The van der Waals surface area contributed by atoms with Crippen molar-refractivity contribution in [1.29, 1.82) is 0 Å². The number of nitrogens with zero attached hydrogens (tertiary/aromatic N) is 1. The van der Waals surface area contributed by atoms with E-state index >= 15 is 0 Å². The first kappa shape index (κ1) is 28.5. The number of hydrogen-bond donors (Lipinski definition) is 1. The van der Waals surface area contributed by atoms with Crippen LogP contribution in [0.25, 0.3) is 0 Å². The van der Waals surface area contributed by atoms with Gasteiger partial charge in [0.05, 0.1) is 0 Å². The molecule has 3 aromatic rings. The summed E-state index contributed by atoms with van der Waals surface area (Å²) in [6.07, 6.45) is 1.36. The van der Waals surface area contributed by atoms with E-state index in [1.165, 1.54) is 5.56 Å². The average Bonchev–Trinajstić information content (AvgIpc) is 2.89. The van der Waals surface area contributed by atoms with Gasteiger partial charge in [0.1, 0.15) is 6.04 Å². The molecule has 2 amide bonds. The van der Waals surface area contributed by atoms with Crippen molar-refractivity contribution in [2.75, 3.05) is 6.54 Å². The minimum atomic E-state index is -0.645. The average molecular weight is 519 g/mol. The first-order valence-electron chi connectivity index (χ1n) is 13.2. The summed E-state index contributed by atoms with van der Waals surface area (Å²) in [5.41, 5.74) is 4.22. The fourth-order valence-corrected chi connectivity index (χ4v) is 4.45. The van der Waals surface area contributed by atoms with Gasteiger partial charge in [-0.25, -0.2) is 0 Å². The van der Waals surface area contributed by atoms with E-state index in [0.717, 1.165) is 16.7 Å². The maximum Gasteiger partial charge on any atom is 0.243 e. The molecule has 0 heterocycles. The van der Waals surface area contributed by atoms with Gasteiger partial charge >= 0.3 is 0 Å². The zero-order valence-electron chi connectivity index (χ0n) is 22.4. The summed E-state index contributed by atoms with van der Waals surface area (Å²) in [4.78, 5) is 29.0. The molecule has 0 aliphatic rings. The SMILES string of the molecule is CC(C)CNC(=O)[C@@H](Cc1ccccc1)N(Cc1ccccc1Cl)C(=O)CCc1ccc(C(C)C)cc1. The van der Waals surface area contributed by atoms with Gasteiger partial charge in [-0.15, -0.1) is 0 Å². The zero-order valence-corrected chi connectivity index (χ0v) is 23.2. The Balaban J connectivity index is 1.88. The Labute approximate surface area is 227 Å². The van der Waals surface area contributed by atoms with Crippen molar-refractivity contribution in [2.45, 2.75) is 65.5 Å². The number of carbonyl (C=O) groups excluding carboxylic acids is 2. The lowest BCUT2D eigenvalue weighted by atomic mass is 9.99. The third kappa shape index (κ3) is 8.75. The van der Waals surface area contributed by atoms with Gasteiger partial charge in [0.15, 0.2) is 0 Å². The summed E-state index contributed by atoms with van der Waals surface area (Å²) in [5.74, 6) is 0.570. The maximum absolute atomic E-state index is 13.8. The fraction of sp³-hybridized carbons (Fsp3) is 0.375. The molecule has 1 N–H and O–H groups in total. The number of aryl methyl sites for hydroxylation is 1. The first-order chi connectivity index (χ1) is 17.7. The van der Waals surface area contributed by atoms with E-state index in [4.69, 9.17) is 11.6 Å². The quantitative estimate of drug-likeness (QED) is 0.286. The van der Waals surface area contributed by atoms with Crippen molar-refractivity contribution in [3.05, 3.63) is 106 Å². The van der Waals surface area contributed by atoms with Crippen molar-refractivity contribution in [3.63, 3.8) is 0 Å². The Bertz CT molecular complexity index is 1140. The predicted octanol–water partition coefficient (Wildman–Crippen LogP) is 6.81. The van der Waals surface area contributed by atoms with Crippen LogP contribution in [0.15, 0.2) is 78.9 Å². The molecular formula is C32H39ClN2O2. The van der Waals surface area contributed by atoms with E-state index in [1.54, 1.807) is 4.90 Å². The van der Waals surface area contributed by atoms with E-state index in [-0.39, 0.29) is 18.4 Å². The van der Waals surface area contributed by atoms with Crippen LogP contribution in [0.1, 0.15) is 62.3 Å². The van der Waals surface area contributed by atoms with Crippen LogP contribution in [0.5, 0.6) is 0 Å². The van der Waals surface area contributed by atoms with E-state index in [2.05, 4.69) is 57.3 Å². The molecule has 5 heteroatoms. The molecule has 0 saturated heterocycles. The van der Waals surface area contributed by atoms with Gasteiger partial charge in [-0.05, 0) is 46.6 Å². The van der Waals surface area contributed by atoms with Crippen LogP contribution in [0.3, 0.4) is 0 Å². The van der Waals surface area contributed by atoms with Gasteiger partial charge in [0.2, 0.25) is 11.8 Å². The molecule has 3 rings (SSSR count). The standard InChI is InChI=1S/C32H39ClN2O2/c1-23(2)21-34-32(37)30(20-26-10-6-5-7-11-26)35(22-28-12-8-9-13-29(28)33)31(36)19-16-25-14-17-27(18-15-25)24(3)4/h5-15,17-18,23-24,30H,16,19-22H2,1-4H3,(H,34,37)/t30-/m1/s1. The second-order valence-corrected chi connectivity index (χ2v) is 10.8. The molecule has 0 bridgehead atoms. The number of nitrogens with one attached hydrogen (secondary N) is 1. The molecule has 1 atom stereocenters. The highest BCUT2D eigenvalue weighted by Crippen LogP contribution is 2.22. The number of rotatable bonds is 12. The summed E-state index contributed by atoms with van der Waals surface area (Å²) in [6.45, 7) is 9.29. The molecule has 0 radical (unpaired) electrons. The third-order valence-corrected chi connectivity index (χ3v) is 6.90. The summed E-state index contributed by atoms with van der Waals surface area (Å²) >= 11 is 6.49. The largest absolute Gasteiger partial charge is 0.354 e. The lowest BCUT2D eigenvalue weighted by Crippen LogP contribution is -2.51. The number of amides is 2. The summed E-state index contributed by atoms with van der Waals surface area (Å²) < 4.78 is 0. The van der Waals surface area contributed by atoms with Gasteiger partial charge in [0, 0.05) is 31.0 Å². The molecule has 0 aliphatic carbocycles. The molecule has 0 fully saturated rings. The Kier molecular flexibility index (Phi) is 10.8. The van der Waals surface area contributed by atoms with Gasteiger partial charge in [0.25, 0.3) is 0 Å². The van der Waals surface area contributed by atoms with E-state index in [0.29, 0.717) is 42.7 Å². The maximum atomic E-state index is 13.8. The molecule has 0 spiro atoms. The number of halogens is 1. The zero-order chi connectivity index (χ0) is 26.8. The topological polar surface area (TPSA) is 49.4 Å². The van der Waals surface area contributed by atoms with Crippen LogP contribution in [-0.2, 0) is 29.0 Å². The Hall–Kier alpha value is -3.11. The molecule has 3 aromatic carbocycles. The number of benzene rings is 3. The molecule has 0 aromatic heterocycles. The van der Waals surface area contributed by atoms with E-state index in [1.807, 2.05) is 54.6 Å². The van der Waals surface area contributed by atoms with Gasteiger partial charge < -0.3 is 10.2 Å². The highest BCUT2D eigenvalue weighted by molar-refractivity contribution is 6.31. The van der Waals surface area contributed by atoms with Crippen molar-refractivity contribution in [1.82, 2.24) is 10.2 Å². The molecule has 196 valence electrons. The second-order valence-electron chi connectivity index (χ2n) is 10.4. The minimum absolute atomic E-state index is 0.0616. The van der Waals surface area contributed by atoms with Gasteiger partial charge in [-0.1, -0.05) is 112 Å². The van der Waals surface area contributed by atoms with Crippen LogP contribution >= 0.6 is 11.6 Å². The smallest absolute Gasteiger partial charge is 0.243 e. The van der Waals surface area contributed by atoms with Crippen LogP contribution in [0.4, 0.5) is 0 Å². The van der Waals surface area contributed by atoms with Crippen molar-refractivity contribution in [2.24, 2.45) is 5.92 Å². The molecule has 0 unspecified atom stereocenters. The van der Waals surface area contributed by atoms with Gasteiger partial charge in [-0.3, -0.25) is 9.59 Å². The first-order valence-corrected chi connectivity index (χ1v) is 13.6. The lowest BCUT2D eigenvalue weighted by Gasteiger charge is -2.32. The lowest BCUT2D eigenvalue weighted by molar-refractivity contribution is -0.141. The molecule has 0 saturated carbocycles.